The number of aliphatic hydroxyl groups is 1. The van der Waals surface area contributed by atoms with Crippen molar-refractivity contribution in [2.24, 2.45) is 34.3 Å². The molecule has 0 heterocycles. The maximum atomic E-state index is 12.1. The topological polar surface area (TPSA) is 75.4 Å². The molecule has 1 amide bonds. The van der Waals surface area contributed by atoms with Crippen molar-refractivity contribution in [2.45, 2.75) is 85.2 Å². The summed E-state index contributed by atoms with van der Waals surface area (Å²) in [6.07, 6.45) is 8.27. The predicted octanol–water partition coefficient (Wildman–Crippen LogP) is 3.78. The number of carbonyl (C=O) groups excluding carboxylic acids is 1. The molecule has 27 heavy (non-hydrogen) atoms. The smallest absolute Gasteiger partial charge is 0.220 e. The molecule has 3 aliphatic rings. The Bertz CT molecular complexity index is 597. The maximum absolute atomic E-state index is 12.1. The van der Waals surface area contributed by atoms with Gasteiger partial charge in [-0.15, -0.1) is 0 Å². The minimum Gasteiger partial charge on any atom is -0.393 e. The normalized spacial score (nSPS) is 38.1. The zero-order valence-electron chi connectivity index (χ0n) is 17.8. The Morgan fingerprint density at radius 2 is 1.96 bits per heavy atom. The fourth-order valence-electron chi connectivity index (χ4n) is 6.97. The Balaban J connectivity index is 1.77. The molecule has 0 bridgehead atoms. The molecule has 2 saturated carbocycles. The van der Waals surface area contributed by atoms with E-state index >= 15 is 0 Å². The Kier molecular flexibility index (Phi) is 6.08. The first-order valence-electron chi connectivity index (χ1n) is 11.0. The van der Waals surface area contributed by atoms with Crippen molar-refractivity contribution in [2.75, 3.05) is 13.1 Å². The van der Waals surface area contributed by atoms with E-state index in [9.17, 15) is 9.90 Å². The van der Waals surface area contributed by atoms with Crippen LogP contribution in [0.25, 0.3) is 0 Å². The van der Waals surface area contributed by atoms with Gasteiger partial charge in [0.1, 0.15) is 0 Å². The van der Waals surface area contributed by atoms with Gasteiger partial charge in [-0.3, -0.25) is 4.79 Å². The minimum absolute atomic E-state index is 0.0104. The highest BCUT2D eigenvalue weighted by Crippen LogP contribution is 2.64. The molecule has 0 aromatic carbocycles. The van der Waals surface area contributed by atoms with Gasteiger partial charge in [0.15, 0.2) is 0 Å². The van der Waals surface area contributed by atoms with Crippen LogP contribution in [0.2, 0.25) is 0 Å². The largest absolute Gasteiger partial charge is 0.393 e. The number of hydrogen-bond acceptors (Lipinski definition) is 3. The van der Waals surface area contributed by atoms with Crippen LogP contribution in [0.1, 0.15) is 79.1 Å². The van der Waals surface area contributed by atoms with E-state index in [0.29, 0.717) is 42.7 Å². The number of amides is 1. The molecular weight excluding hydrogens is 336 g/mol. The molecule has 0 aromatic heterocycles. The van der Waals surface area contributed by atoms with E-state index in [2.05, 4.69) is 33.0 Å². The van der Waals surface area contributed by atoms with E-state index in [-0.39, 0.29) is 17.4 Å². The third-order valence-corrected chi connectivity index (χ3v) is 8.52. The molecule has 4 N–H and O–H groups in total. The molecule has 0 radical (unpaired) electrons. The van der Waals surface area contributed by atoms with Crippen LogP contribution >= 0.6 is 0 Å². The molecule has 0 aromatic rings. The number of nitrogens with two attached hydrogens (primary N) is 1. The fraction of sp³-hybridized carbons (Fsp3) is 0.870. The van der Waals surface area contributed by atoms with Crippen molar-refractivity contribution < 1.29 is 9.90 Å². The lowest BCUT2D eigenvalue weighted by Crippen LogP contribution is -2.56. The minimum atomic E-state index is -0.168. The number of fused-ring (bicyclic) bond motifs is 3. The van der Waals surface area contributed by atoms with Gasteiger partial charge in [0.05, 0.1) is 6.10 Å². The molecule has 2 fully saturated rings. The van der Waals surface area contributed by atoms with Crippen LogP contribution in [0.3, 0.4) is 0 Å². The zero-order valence-corrected chi connectivity index (χ0v) is 17.8. The van der Waals surface area contributed by atoms with Gasteiger partial charge in [0, 0.05) is 19.5 Å². The Morgan fingerprint density at radius 1 is 1.22 bits per heavy atom. The average molecular weight is 377 g/mol. The van der Waals surface area contributed by atoms with Gasteiger partial charge in [-0.1, -0.05) is 31.9 Å². The molecule has 0 saturated heterocycles. The molecule has 4 heteroatoms. The maximum Gasteiger partial charge on any atom is 0.220 e. The number of nitrogens with one attached hydrogen (secondary N) is 1. The first-order valence-corrected chi connectivity index (χ1v) is 11.0. The summed E-state index contributed by atoms with van der Waals surface area (Å²) in [4.78, 5) is 12.1. The van der Waals surface area contributed by atoms with Gasteiger partial charge < -0.3 is 16.2 Å². The van der Waals surface area contributed by atoms with Gasteiger partial charge >= 0.3 is 0 Å². The summed E-state index contributed by atoms with van der Waals surface area (Å²) in [5.41, 5.74) is 8.92. The first kappa shape index (κ1) is 20.9. The van der Waals surface area contributed by atoms with Crippen LogP contribution in [-0.2, 0) is 4.79 Å². The van der Waals surface area contributed by atoms with Crippen molar-refractivity contribution in [3.8, 4) is 0 Å². The first-order chi connectivity index (χ1) is 12.7. The van der Waals surface area contributed by atoms with E-state index in [4.69, 9.17) is 5.73 Å². The van der Waals surface area contributed by atoms with Crippen molar-refractivity contribution in [3.63, 3.8) is 0 Å². The lowest BCUT2D eigenvalue weighted by Gasteiger charge is -2.62. The number of hydrogen-bond donors (Lipinski definition) is 3. The molecule has 0 spiro atoms. The summed E-state index contributed by atoms with van der Waals surface area (Å²) in [6, 6.07) is 0. The van der Waals surface area contributed by atoms with Gasteiger partial charge in [0.2, 0.25) is 5.91 Å². The number of allylic oxidation sites excluding steroid dienone is 2. The third kappa shape index (κ3) is 3.72. The number of carbonyl (C=O) groups is 1. The molecule has 154 valence electrons. The van der Waals surface area contributed by atoms with Crippen LogP contribution in [0, 0.1) is 28.6 Å². The van der Waals surface area contributed by atoms with Gasteiger partial charge in [-0.05, 0) is 80.5 Å². The van der Waals surface area contributed by atoms with Crippen molar-refractivity contribution in [3.05, 3.63) is 11.1 Å². The third-order valence-electron chi connectivity index (χ3n) is 8.52. The van der Waals surface area contributed by atoms with Crippen molar-refractivity contribution in [1.29, 1.82) is 0 Å². The standard InChI is InChI=1S/C23H40N2O2/c1-15-5-8-18-17(16(15)7-10-21(27)25-14-13-24)6-9-19-22(2,3)20(26)11-12-23(18,19)4/h17-20,26H,5-14,24H2,1-4H3,(H,25,27)/t17?,18-,19?,20?,23+/m0/s1. The molecule has 3 rings (SSSR count). The molecule has 4 nitrogen and oxygen atoms in total. The van der Waals surface area contributed by atoms with E-state index in [1.807, 2.05) is 0 Å². The summed E-state index contributed by atoms with van der Waals surface area (Å²) >= 11 is 0. The molecule has 0 aliphatic heterocycles. The van der Waals surface area contributed by atoms with Gasteiger partial charge in [0.25, 0.3) is 0 Å². The summed E-state index contributed by atoms with van der Waals surface area (Å²) in [7, 11) is 0. The summed E-state index contributed by atoms with van der Waals surface area (Å²) in [6.45, 7) is 10.4. The SMILES string of the molecule is CC1=C(CCC(=O)NCCN)C2CCC3C(C)(C)C(O)CC[C@]3(C)[C@H]2CC1. The molecule has 3 unspecified atom stereocenters. The van der Waals surface area contributed by atoms with Crippen LogP contribution in [-0.4, -0.2) is 30.2 Å². The Labute approximate surface area is 165 Å². The van der Waals surface area contributed by atoms with Crippen LogP contribution < -0.4 is 11.1 Å². The van der Waals surface area contributed by atoms with E-state index in [1.54, 1.807) is 5.57 Å². The van der Waals surface area contributed by atoms with E-state index in [0.717, 1.165) is 19.3 Å². The molecule has 5 atom stereocenters. The Morgan fingerprint density at radius 3 is 2.67 bits per heavy atom. The van der Waals surface area contributed by atoms with Gasteiger partial charge in [-0.25, -0.2) is 0 Å². The van der Waals surface area contributed by atoms with Gasteiger partial charge in [-0.2, -0.15) is 0 Å². The van der Waals surface area contributed by atoms with Crippen LogP contribution in [0.4, 0.5) is 0 Å². The summed E-state index contributed by atoms with van der Waals surface area (Å²) in [5.74, 6) is 2.06. The van der Waals surface area contributed by atoms with Crippen LogP contribution in [0.15, 0.2) is 11.1 Å². The number of rotatable bonds is 5. The summed E-state index contributed by atoms with van der Waals surface area (Å²) in [5, 5.41) is 13.5. The molecular formula is C23H40N2O2. The van der Waals surface area contributed by atoms with E-state index < -0.39 is 0 Å². The predicted molar refractivity (Wildman–Crippen MR) is 110 cm³/mol. The zero-order chi connectivity index (χ0) is 19.8. The number of aliphatic hydroxyl groups excluding tert-OH is 1. The van der Waals surface area contributed by atoms with Crippen LogP contribution in [0.5, 0.6) is 0 Å². The second-order valence-electron chi connectivity index (χ2n) is 10.2. The lowest BCUT2D eigenvalue weighted by molar-refractivity contribution is -0.149. The Hall–Kier alpha value is -0.870. The highest BCUT2D eigenvalue weighted by molar-refractivity contribution is 5.76. The van der Waals surface area contributed by atoms with E-state index in [1.165, 1.54) is 31.3 Å². The van der Waals surface area contributed by atoms with Crippen molar-refractivity contribution >= 4 is 5.91 Å². The highest BCUT2D eigenvalue weighted by atomic mass is 16.3. The quantitative estimate of drug-likeness (QED) is 0.639. The highest BCUT2D eigenvalue weighted by Gasteiger charge is 2.58. The second-order valence-corrected chi connectivity index (χ2v) is 10.2. The fourth-order valence-corrected chi connectivity index (χ4v) is 6.97. The monoisotopic (exact) mass is 376 g/mol. The van der Waals surface area contributed by atoms with Crippen molar-refractivity contribution in [1.82, 2.24) is 5.32 Å². The molecule has 3 aliphatic carbocycles. The summed E-state index contributed by atoms with van der Waals surface area (Å²) < 4.78 is 0. The lowest BCUT2D eigenvalue weighted by atomic mass is 9.43. The average Bonchev–Trinajstić information content (AvgIpc) is 2.62. The second kappa shape index (κ2) is 7.87.